The van der Waals surface area contributed by atoms with E-state index < -0.39 is 9.53 Å². The molecule has 0 amide bonds. The second-order valence-electron chi connectivity index (χ2n) is 1.65. The van der Waals surface area contributed by atoms with E-state index >= 15 is 0 Å². The molecule has 0 unspecified atom stereocenters. The van der Waals surface area contributed by atoms with E-state index in [4.69, 9.17) is 13.3 Å². The largest absolute Gasteiger partial charge is 0.484 e. The van der Waals surface area contributed by atoms with E-state index in [2.05, 4.69) is 0 Å². The molecule has 0 saturated carbocycles. The molecule has 0 aromatic carbocycles. The minimum atomic E-state index is -1.73. The van der Waals surface area contributed by atoms with Crippen molar-refractivity contribution < 1.29 is 60.2 Å². The van der Waals surface area contributed by atoms with E-state index in [1.165, 1.54) is 0 Å². The van der Waals surface area contributed by atoms with Crippen LogP contribution in [0.5, 0.6) is 0 Å². The molecule has 0 N–H and O–H groups in total. The van der Waals surface area contributed by atoms with E-state index in [1.807, 2.05) is 20.8 Å². The maximum absolute atomic E-state index is 5.22. The molecule has 0 heterocycles. The first-order valence-corrected chi connectivity index (χ1v) is 5.11. The van der Waals surface area contributed by atoms with Gasteiger partial charge in [0, 0.05) is 66.7 Å². The normalized spacial score (nSPS) is 9.82. The average molecular weight is 337 g/mol. The van der Waals surface area contributed by atoms with Crippen molar-refractivity contribution in [3.05, 3.63) is 0 Å². The summed E-state index contributed by atoms with van der Waals surface area (Å²) < 4.78 is 15.7. The Morgan fingerprint density at radius 2 is 1.09 bits per heavy atom. The van der Waals surface area contributed by atoms with Crippen LogP contribution in [0.2, 0.25) is 0 Å². The first kappa shape index (κ1) is 15.1. The van der Waals surface area contributed by atoms with E-state index in [0.717, 1.165) is 0 Å². The van der Waals surface area contributed by atoms with Gasteiger partial charge in [0.25, 0.3) is 0 Å². The minimum absolute atomic E-state index is 0. The predicted molar refractivity (Wildman–Crippen MR) is 42.0 cm³/mol. The molecule has 0 bridgehead atoms. The molecule has 5 heteroatoms. The van der Waals surface area contributed by atoms with Crippen LogP contribution in [-0.2, 0) is 13.3 Å². The van der Waals surface area contributed by atoms with Gasteiger partial charge in [-0.3, -0.25) is 0 Å². The van der Waals surface area contributed by atoms with Crippen LogP contribution in [0, 0.1) is 46.9 Å². The van der Waals surface area contributed by atoms with Gasteiger partial charge in [0.15, 0.2) is 0 Å². The Bertz CT molecular complexity index is 60.6. The summed E-state index contributed by atoms with van der Waals surface area (Å²) in [4.78, 5) is 0. The fourth-order valence-electron chi connectivity index (χ4n) is 0.553. The van der Waals surface area contributed by atoms with Crippen LogP contribution < -0.4 is 0 Å². The summed E-state index contributed by atoms with van der Waals surface area (Å²) in [6, 6.07) is 0. The fraction of sp³-hybridized carbons (Fsp3) is 1.00. The molecule has 76 valence electrons. The van der Waals surface area contributed by atoms with Gasteiger partial charge < -0.3 is 13.3 Å². The summed E-state index contributed by atoms with van der Waals surface area (Å²) in [6.45, 7) is 7.86. The molecule has 0 atom stereocenters. The van der Waals surface area contributed by atoms with E-state index in [9.17, 15) is 0 Å². The Kier molecular flexibility index (Phi) is 16.0. The molecule has 0 aromatic rings. The van der Waals surface area contributed by atoms with Gasteiger partial charge in [0.1, 0.15) is 0 Å². The quantitative estimate of drug-likeness (QED) is 0.672. The van der Waals surface area contributed by atoms with Gasteiger partial charge in [-0.15, -0.1) is 0 Å². The molecule has 0 spiro atoms. The maximum Gasteiger partial charge on any atom is 0.484 e. The van der Waals surface area contributed by atoms with E-state index in [-0.39, 0.29) is 46.9 Å². The van der Waals surface area contributed by atoms with Crippen molar-refractivity contribution in [3.8, 4) is 0 Å². The van der Waals surface area contributed by atoms with Crippen molar-refractivity contribution in [1.29, 1.82) is 0 Å². The van der Waals surface area contributed by atoms with Crippen molar-refractivity contribution in [2.45, 2.75) is 20.8 Å². The summed E-state index contributed by atoms with van der Waals surface area (Å²) in [5, 5.41) is 0. The molecule has 11 heavy (non-hydrogen) atoms. The number of rotatable bonds is 6. The van der Waals surface area contributed by atoms with Crippen LogP contribution >= 0.6 is 0 Å². The first-order chi connectivity index (χ1) is 4.85. The zero-order chi connectivity index (χ0) is 7.82. The maximum atomic E-state index is 5.22. The number of hydrogen-bond acceptors (Lipinski definition) is 3. The summed E-state index contributed by atoms with van der Waals surface area (Å²) in [5.41, 5.74) is 0. The van der Waals surface area contributed by atoms with Gasteiger partial charge in [0.05, 0.1) is 0 Å². The van der Waals surface area contributed by atoms with Gasteiger partial charge in [-0.1, -0.05) is 0 Å². The van der Waals surface area contributed by atoms with Gasteiger partial charge in [0.2, 0.25) is 0 Å². The first-order valence-electron chi connectivity index (χ1n) is 3.69. The molecule has 0 rings (SSSR count). The molecule has 0 aliphatic carbocycles. The molecule has 0 aromatic heterocycles. The third-order valence-corrected chi connectivity index (χ3v) is 2.72. The third kappa shape index (κ3) is 9.53. The molecule has 0 aliphatic rings. The summed E-state index contributed by atoms with van der Waals surface area (Å²) in [6.07, 6.45) is 0. The smallest absolute Gasteiger partial charge is 0.376 e. The Morgan fingerprint density at radius 1 is 0.818 bits per heavy atom. The predicted octanol–water partition coefficient (Wildman–Crippen LogP) is 0.813. The van der Waals surface area contributed by atoms with Crippen LogP contribution in [0.15, 0.2) is 0 Å². The molecular formula is C6H16O3SiYb. The van der Waals surface area contributed by atoms with Crippen LogP contribution in [0.3, 0.4) is 0 Å². The van der Waals surface area contributed by atoms with Gasteiger partial charge >= 0.3 is 9.53 Å². The number of hydrogen-bond donors (Lipinski definition) is 0. The van der Waals surface area contributed by atoms with E-state index in [1.54, 1.807) is 0 Å². The van der Waals surface area contributed by atoms with Gasteiger partial charge in [-0.25, -0.2) is 0 Å². The van der Waals surface area contributed by atoms with Crippen LogP contribution in [0.4, 0.5) is 0 Å². The Morgan fingerprint density at radius 3 is 1.27 bits per heavy atom. The SMILES string of the molecule is CCO[SiH](OCC)OCC.[Yb]. The third-order valence-electron chi connectivity index (χ3n) is 0.908. The Hall–Kier alpha value is 1.62. The van der Waals surface area contributed by atoms with Crippen LogP contribution in [0.25, 0.3) is 0 Å². The zero-order valence-electron chi connectivity index (χ0n) is 7.19. The minimum Gasteiger partial charge on any atom is -0.376 e. The second-order valence-corrected chi connectivity index (χ2v) is 3.23. The average Bonchev–Trinajstić information content (AvgIpc) is 1.90. The topological polar surface area (TPSA) is 27.7 Å². The summed E-state index contributed by atoms with van der Waals surface area (Å²) >= 11 is 0. The van der Waals surface area contributed by atoms with Crippen molar-refractivity contribution in [1.82, 2.24) is 0 Å². The Labute approximate surface area is 109 Å². The molecule has 0 radical (unpaired) electrons. The summed E-state index contributed by atoms with van der Waals surface area (Å²) in [5.74, 6) is 0. The van der Waals surface area contributed by atoms with Gasteiger partial charge in [-0.05, 0) is 20.8 Å². The second kappa shape index (κ2) is 11.6. The standard InChI is InChI=1S/C6H16O3Si.Yb/c1-4-7-10(8-5-2)9-6-3;/h10H,4-6H2,1-3H3;. The van der Waals surface area contributed by atoms with Crippen molar-refractivity contribution >= 4 is 9.53 Å². The molecule has 0 aliphatic heterocycles. The monoisotopic (exact) mass is 338 g/mol. The fourth-order valence-corrected chi connectivity index (χ4v) is 1.66. The molecular weight excluding hydrogens is 321 g/mol. The van der Waals surface area contributed by atoms with Crippen LogP contribution in [-0.4, -0.2) is 29.3 Å². The van der Waals surface area contributed by atoms with Crippen LogP contribution in [0.1, 0.15) is 20.8 Å². The summed E-state index contributed by atoms with van der Waals surface area (Å²) in [7, 11) is -1.73. The molecule has 0 fully saturated rings. The Balaban J connectivity index is 0. The molecule has 3 nitrogen and oxygen atoms in total. The van der Waals surface area contributed by atoms with Crippen molar-refractivity contribution in [3.63, 3.8) is 0 Å². The molecule has 0 saturated heterocycles. The van der Waals surface area contributed by atoms with E-state index in [0.29, 0.717) is 19.8 Å². The zero-order valence-corrected chi connectivity index (χ0v) is 10.1. The van der Waals surface area contributed by atoms with Crippen molar-refractivity contribution in [2.75, 3.05) is 19.8 Å². The van der Waals surface area contributed by atoms with Crippen molar-refractivity contribution in [2.24, 2.45) is 0 Å². The van der Waals surface area contributed by atoms with Gasteiger partial charge in [-0.2, -0.15) is 0 Å².